The zero-order chi connectivity index (χ0) is 47.5. The van der Waals surface area contributed by atoms with E-state index in [9.17, 15) is 0 Å². The Kier molecular flexibility index (Phi) is 14.7. The number of rotatable bonds is 9. The van der Waals surface area contributed by atoms with Crippen molar-refractivity contribution in [3.63, 3.8) is 0 Å². The highest BCUT2D eigenvalue weighted by Gasteiger charge is 2.28. The van der Waals surface area contributed by atoms with Crippen molar-refractivity contribution in [3.8, 4) is 0 Å². The van der Waals surface area contributed by atoms with Crippen LogP contribution in [0.1, 0.15) is 186 Å². The van der Waals surface area contributed by atoms with E-state index >= 15 is 0 Å². The molecule has 2 fully saturated rings. The highest BCUT2D eigenvalue weighted by atomic mass is 15.2. The van der Waals surface area contributed by atoms with Crippen LogP contribution in [-0.2, 0) is 10.8 Å². The monoisotopic (exact) mass is 889 g/mol. The maximum atomic E-state index is 2.58. The molecule has 9 rings (SSSR count). The van der Waals surface area contributed by atoms with Crippen molar-refractivity contribution >= 4 is 55.7 Å². The molecule has 2 aliphatic rings. The Balaban J connectivity index is 0.000000797. The fourth-order valence-corrected chi connectivity index (χ4v) is 10.7. The molecule has 0 heterocycles. The van der Waals surface area contributed by atoms with Gasteiger partial charge in [-0.2, -0.15) is 0 Å². The van der Waals surface area contributed by atoms with Gasteiger partial charge in [0.2, 0.25) is 0 Å². The van der Waals surface area contributed by atoms with E-state index in [-0.39, 0.29) is 10.8 Å². The van der Waals surface area contributed by atoms with Gasteiger partial charge in [0.1, 0.15) is 0 Å². The third-order valence-corrected chi connectivity index (χ3v) is 15.0. The van der Waals surface area contributed by atoms with Gasteiger partial charge in [-0.15, -0.1) is 0 Å². The summed E-state index contributed by atoms with van der Waals surface area (Å²) in [5.74, 6) is 2.51. The minimum Gasteiger partial charge on any atom is -0.309 e. The minimum absolute atomic E-state index is 0.0557. The van der Waals surface area contributed by atoms with E-state index < -0.39 is 0 Å². The van der Waals surface area contributed by atoms with Gasteiger partial charge in [0.15, 0.2) is 0 Å². The summed E-state index contributed by atoms with van der Waals surface area (Å²) in [7, 11) is 0. The van der Waals surface area contributed by atoms with Crippen molar-refractivity contribution in [1.82, 2.24) is 0 Å². The van der Waals surface area contributed by atoms with E-state index in [0.717, 1.165) is 17.3 Å². The summed E-state index contributed by atoms with van der Waals surface area (Å²) in [5.41, 5.74) is 14.1. The second kappa shape index (κ2) is 20.5. The van der Waals surface area contributed by atoms with Crippen LogP contribution in [0.4, 0.5) is 34.1 Å². The summed E-state index contributed by atoms with van der Waals surface area (Å²) in [6.07, 6.45) is 13.9. The number of benzene rings is 7. The molecule has 7 aromatic carbocycles. The first-order chi connectivity index (χ1) is 32.1. The molecule has 0 radical (unpaired) electrons. The lowest BCUT2D eigenvalue weighted by Crippen LogP contribution is -2.16. The van der Waals surface area contributed by atoms with Gasteiger partial charge in [-0.1, -0.05) is 212 Å². The van der Waals surface area contributed by atoms with Crippen LogP contribution in [-0.4, -0.2) is 0 Å². The van der Waals surface area contributed by atoms with Crippen LogP contribution in [0.25, 0.3) is 21.5 Å². The Labute approximate surface area is 405 Å². The average molecular weight is 889 g/mol. The molecule has 0 atom stereocenters. The third kappa shape index (κ3) is 10.9. The molecule has 0 bridgehead atoms. The minimum atomic E-state index is 0.0557. The Morgan fingerprint density at radius 3 is 1.12 bits per heavy atom. The van der Waals surface area contributed by atoms with Crippen LogP contribution < -0.4 is 9.80 Å². The molecule has 0 spiro atoms. The first-order valence-corrected chi connectivity index (χ1v) is 26.1. The molecule has 0 N–H and O–H groups in total. The van der Waals surface area contributed by atoms with Gasteiger partial charge in [-0.25, -0.2) is 0 Å². The fourth-order valence-electron chi connectivity index (χ4n) is 10.7. The molecule has 0 aliphatic heterocycles. The topological polar surface area (TPSA) is 6.48 Å². The molecule has 0 unspecified atom stereocenters. The molecule has 0 aromatic heterocycles. The Morgan fingerprint density at radius 2 is 0.761 bits per heavy atom. The Hall–Kier alpha value is -5.34. The zero-order valence-electron chi connectivity index (χ0n) is 43.1. The number of anilines is 6. The second-order valence-electron chi connectivity index (χ2n) is 22.9. The SMILES string of the molecule is CC(C)c1ccc(N(c2ccc(C(C)(C)C)cc2)c2c3ccccc3c(N(c3ccc(C(C)C)cc3)c3ccc(C(C)(C)C)cc3)c3cc(C4CCCCC4)ccc23)cc1.CC1CCCCC1. The van der Waals surface area contributed by atoms with Gasteiger partial charge < -0.3 is 9.80 Å². The molecule has 350 valence electrons. The van der Waals surface area contributed by atoms with Crippen LogP contribution in [0.15, 0.2) is 140 Å². The molecule has 67 heavy (non-hydrogen) atoms. The average Bonchev–Trinajstić information content (AvgIpc) is 3.33. The van der Waals surface area contributed by atoms with Gasteiger partial charge in [-0.05, 0) is 130 Å². The van der Waals surface area contributed by atoms with Crippen LogP contribution in [0.5, 0.6) is 0 Å². The van der Waals surface area contributed by atoms with E-state index in [1.54, 1.807) is 0 Å². The van der Waals surface area contributed by atoms with Crippen molar-refractivity contribution in [2.45, 2.75) is 169 Å². The summed E-state index contributed by atoms with van der Waals surface area (Å²) in [5, 5.41) is 5.01. The maximum absolute atomic E-state index is 2.58. The van der Waals surface area contributed by atoms with Crippen molar-refractivity contribution in [2.24, 2.45) is 5.92 Å². The normalized spacial score (nSPS) is 15.2. The molecule has 0 saturated heterocycles. The van der Waals surface area contributed by atoms with Gasteiger partial charge in [0.05, 0.1) is 11.4 Å². The first-order valence-electron chi connectivity index (χ1n) is 26.1. The lowest BCUT2D eigenvalue weighted by molar-refractivity contribution is 0.385. The molecule has 2 heteroatoms. The summed E-state index contributed by atoms with van der Waals surface area (Å²) in [6.45, 7) is 25.3. The molecule has 2 aliphatic carbocycles. The summed E-state index contributed by atoms with van der Waals surface area (Å²) in [6, 6.07) is 54.0. The Morgan fingerprint density at radius 1 is 0.403 bits per heavy atom. The predicted octanol–water partition coefficient (Wildman–Crippen LogP) is 20.4. The third-order valence-electron chi connectivity index (χ3n) is 15.0. The van der Waals surface area contributed by atoms with Crippen molar-refractivity contribution in [1.29, 1.82) is 0 Å². The molecular formula is C65H80N2. The standard InChI is InChI=1S/C58H66N2.C7H14/c1-39(2)41-20-29-47(30-21-41)59(49-33-25-45(26-34-49)57(5,6)7)55-51-18-14-15-19-52(51)56(54-38-44(24-37-53(54)55)43-16-12-11-13-17-43)60(48-31-22-42(23-32-48)40(3)4)50-35-27-46(28-36-50)58(8,9)10;1-7-5-3-2-4-6-7/h14-15,18-40,43H,11-13,16-17H2,1-10H3;7H,2-6H2,1H3. The molecule has 2 saturated carbocycles. The quantitative estimate of drug-likeness (QED) is 0.105. The van der Waals surface area contributed by atoms with E-state index in [2.05, 4.69) is 225 Å². The zero-order valence-corrected chi connectivity index (χ0v) is 43.1. The van der Waals surface area contributed by atoms with E-state index in [1.807, 2.05) is 0 Å². The summed E-state index contributed by atoms with van der Waals surface area (Å²) < 4.78 is 0. The fraction of sp³-hybridized carbons (Fsp3) is 0.415. The summed E-state index contributed by atoms with van der Waals surface area (Å²) >= 11 is 0. The molecule has 7 aromatic rings. The number of hydrogen-bond acceptors (Lipinski definition) is 2. The van der Waals surface area contributed by atoms with Gasteiger partial charge >= 0.3 is 0 Å². The number of fused-ring (bicyclic) bond motifs is 2. The number of hydrogen-bond donors (Lipinski definition) is 0. The molecule has 0 amide bonds. The highest BCUT2D eigenvalue weighted by Crippen LogP contribution is 2.52. The largest absolute Gasteiger partial charge is 0.309 e. The second-order valence-corrected chi connectivity index (χ2v) is 22.9. The van der Waals surface area contributed by atoms with E-state index in [1.165, 1.54) is 136 Å². The maximum Gasteiger partial charge on any atom is 0.0620 e. The number of nitrogens with zero attached hydrogens (tertiary/aromatic N) is 2. The van der Waals surface area contributed by atoms with Crippen LogP contribution in [0, 0.1) is 5.92 Å². The van der Waals surface area contributed by atoms with Crippen LogP contribution in [0.2, 0.25) is 0 Å². The van der Waals surface area contributed by atoms with E-state index in [4.69, 9.17) is 0 Å². The first kappa shape index (κ1) is 48.1. The van der Waals surface area contributed by atoms with Crippen molar-refractivity contribution in [3.05, 3.63) is 167 Å². The molecular weight excluding hydrogens is 809 g/mol. The highest BCUT2D eigenvalue weighted by molar-refractivity contribution is 6.23. The smallest absolute Gasteiger partial charge is 0.0620 e. The predicted molar refractivity (Wildman–Crippen MR) is 294 cm³/mol. The molecule has 2 nitrogen and oxygen atoms in total. The lowest BCUT2D eigenvalue weighted by Gasteiger charge is -2.34. The van der Waals surface area contributed by atoms with Gasteiger partial charge in [0.25, 0.3) is 0 Å². The van der Waals surface area contributed by atoms with Crippen molar-refractivity contribution in [2.75, 3.05) is 9.80 Å². The van der Waals surface area contributed by atoms with Gasteiger partial charge in [0, 0.05) is 44.3 Å². The van der Waals surface area contributed by atoms with Crippen LogP contribution >= 0.6 is 0 Å². The Bertz CT molecular complexity index is 2690. The van der Waals surface area contributed by atoms with Crippen LogP contribution in [0.3, 0.4) is 0 Å². The van der Waals surface area contributed by atoms with Crippen molar-refractivity contribution < 1.29 is 0 Å². The van der Waals surface area contributed by atoms with E-state index in [0.29, 0.717) is 17.8 Å². The lowest BCUT2D eigenvalue weighted by atomic mass is 9.82. The summed E-state index contributed by atoms with van der Waals surface area (Å²) in [4.78, 5) is 5.08. The van der Waals surface area contributed by atoms with Gasteiger partial charge in [-0.3, -0.25) is 0 Å².